The molecule has 0 aliphatic rings. The Morgan fingerprint density at radius 1 is 1.16 bits per heavy atom. The quantitative estimate of drug-likeness (QED) is 0.796. The molecule has 2 unspecified atom stereocenters. The highest BCUT2D eigenvalue weighted by Crippen LogP contribution is 2.35. The maximum atomic E-state index is 5.82. The van der Waals surface area contributed by atoms with Crippen LogP contribution in [0.25, 0.3) is 0 Å². The molecular weight excluding hydrogens is 236 g/mol. The third-order valence-corrected chi connectivity index (χ3v) is 4.09. The van der Waals surface area contributed by atoms with Crippen molar-refractivity contribution in [1.29, 1.82) is 0 Å². The van der Waals surface area contributed by atoms with Crippen LogP contribution in [0.5, 0.6) is 5.75 Å². The molecular formula is C16H28N2O. The van der Waals surface area contributed by atoms with Crippen LogP contribution in [0.15, 0.2) is 18.2 Å². The molecule has 0 saturated carbocycles. The van der Waals surface area contributed by atoms with E-state index in [0.717, 1.165) is 5.75 Å². The SMILES string of the molecule is CCOc1ccc(C)cc1C(C)C(C)C(CN)CN. The van der Waals surface area contributed by atoms with Crippen LogP contribution in [-0.4, -0.2) is 19.7 Å². The minimum atomic E-state index is 0.352. The van der Waals surface area contributed by atoms with Gasteiger partial charge in [-0.3, -0.25) is 0 Å². The molecule has 3 nitrogen and oxygen atoms in total. The monoisotopic (exact) mass is 264 g/mol. The summed E-state index contributed by atoms with van der Waals surface area (Å²) in [4.78, 5) is 0. The standard InChI is InChI=1S/C16H28N2O/c1-5-19-16-7-6-11(2)8-15(16)13(4)12(3)14(9-17)10-18/h6-8,12-14H,5,9-10,17-18H2,1-4H3. The van der Waals surface area contributed by atoms with E-state index in [1.54, 1.807) is 0 Å². The molecule has 0 fully saturated rings. The van der Waals surface area contributed by atoms with Crippen LogP contribution < -0.4 is 16.2 Å². The van der Waals surface area contributed by atoms with Crippen molar-refractivity contribution in [3.8, 4) is 5.75 Å². The predicted octanol–water partition coefficient (Wildman–Crippen LogP) is 2.67. The van der Waals surface area contributed by atoms with Gasteiger partial charge < -0.3 is 16.2 Å². The van der Waals surface area contributed by atoms with Gasteiger partial charge in [0.2, 0.25) is 0 Å². The zero-order valence-electron chi connectivity index (χ0n) is 12.6. The smallest absolute Gasteiger partial charge is 0.122 e. The van der Waals surface area contributed by atoms with E-state index in [0.29, 0.717) is 37.5 Å². The van der Waals surface area contributed by atoms with E-state index in [4.69, 9.17) is 16.2 Å². The Hall–Kier alpha value is -1.06. The molecule has 19 heavy (non-hydrogen) atoms. The first-order valence-electron chi connectivity index (χ1n) is 7.18. The van der Waals surface area contributed by atoms with Gasteiger partial charge in [-0.1, -0.05) is 31.5 Å². The maximum Gasteiger partial charge on any atom is 0.122 e. The number of aryl methyl sites for hydroxylation is 1. The van der Waals surface area contributed by atoms with E-state index in [2.05, 4.69) is 39.0 Å². The first kappa shape index (κ1) is 16.0. The van der Waals surface area contributed by atoms with Crippen LogP contribution in [0.1, 0.15) is 37.8 Å². The molecule has 0 spiro atoms. The molecule has 1 rings (SSSR count). The molecule has 1 aromatic carbocycles. The Labute approximate surface area is 117 Å². The van der Waals surface area contributed by atoms with Crippen LogP contribution in [0, 0.1) is 18.8 Å². The van der Waals surface area contributed by atoms with Crippen LogP contribution >= 0.6 is 0 Å². The van der Waals surface area contributed by atoms with Crippen molar-refractivity contribution in [3.05, 3.63) is 29.3 Å². The molecule has 0 radical (unpaired) electrons. The summed E-state index contributed by atoms with van der Waals surface area (Å²) in [5.41, 5.74) is 14.2. The van der Waals surface area contributed by atoms with E-state index >= 15 is 0 Å². The summed E-state index contributed by atoms with van der Waals surface area (Å²) in [5.74, 6) is 2.17. The number of ether oxygens (including phenoxy) is 1. The van der Waals surface area contributed by atoms with Gasteiger partial charge in [0.25, 0.3) is 0 Å². The summed E-state index contributed by atoms with van der Waals surface area (Å²) in [5, 5.41) is 0. The second-order valence-electron chi connectivity index (χ2n) is 5.35. The van der Waals surface area contributed by atoms with Crippen molar-refractivity contribution >= 4 is 0 Å². The average molecular weight is 264 g/mol. The van der Waals surface area contributed by atoms with Gasteiger partial charge in [-0.05, 0) is 56.3 Å². The molecule has 0 aliphatic heterocycles. The lowest BCUT2D eigenvalue weighted by Gasteiger charge is -2.28. The number of rotatable bonds is 7. The minimum absolute atomic E-state index is 0.352. The van der Waals surface area contributed by atoms with Gasteiger partial charge in [0.15, 0.2) is 0 Å². The lowest BCUT2D eigenvalue weighted by atomic mass is 9.79. The summed E-state index contributed by atoms with van der Waals surface area (Å²) in [6.07, 6.45) is 0. The number of nitrogens with two attached hydrogens (primary N) is 2. The van der Waals surface area contributed by atoms with Crippen molar-refractivity contribution in [2.75, 3.05) is 19.7 Å². The van der Waals surface area contributed by atoms with Crippen LogP contribution in [0.4, 0.5) is 0 Å². The third kappa shape index (κ3) is 3.95. The zero-order chi connectivity index (χ0) is 14.4. The Bertz CT molecular complexity index is 388. The van der Waals surface area contributed by atoms with Gasteiger partial charge in [0.05, 0.1) is 6.61 Å². The van der Waals surface area contributed by atoms with Crippen molar-refractivity contribution in [1.82, 2.24) is 0 Å². The highest BCUT2D eigenvalue weighted by atomic mass is 16.5. The normalized spacial score (nSPS) is 14.5. The van der Waals surface area contributed by atoms with Crippen molar-refractivity contribution in [3.63, 3.8) is 0 Å². The van der Waals surface area contributed by atoms with E-state index < -0.39 is 0 Å². The molecule has 2 atom stereocenters. The summed E-state index contributed by atoms with van der Waals surface area (Å²) in [7, 11) is 0. The van der Waals surface area contributed by atoms with Gasteiger partial charge >= 0.3 is 0 Å². The third-order valence-electron chi connectivity index (χ3n) is 4.09. The van der Waals surface area contributed by atoms with Crippen molar-refractivity contribution < 1.29 is 4.74 Å². The van der Waals surface area contributed by atoms with E-state index in [9.17, 15) is 0 Å². The largest absolute Gasteiger partial charge is 0.494 e. The second kappa shape index (κ2) is 7.51. The molecule has 0 amide bonds. The highest BCUT2D eigenvalue weighted by molar-refractivity contribution is 5.39. The molecule has 108 valence electrons. The Balaban J connectivity index is 3.02. The fourth-order valence-corrected chi connectivity index (χ4v) is 2.53. The molecule has 0 aliphatic carbocycles. The molecule has 0 saturated heterocycles. The fraction of sp³-hybridized carbons (Fsp3) is 0.625. The number of hydrogen-bond donors (Lipinski definition) is 2. The topological polar surface area (TPSA) is 61.3 Å². The van der Waals surface area contributed by atoms with Gasteiger partial charge in [0, 0.05) is 0 Å². The van der Waals surface area contributed by atoms with Gasteiger partial charge in [-0.15, -0.1) is 0 Å². The lowest BCUT2D eigenvalue weighted by Crippen LogP contribution is -2.31. The van der Waals surface area contributed by atoms with E-state index in [1.165, 1.54) is 11.1 Å². The summed E-state index contributed by atoms with van der Waals surface area (Å²) in [6, 6.07) is 6.38. The Morgan fingerprint density at radius 2 is 1.79 bits per heavy atom. The van der Waals surface area contributed by atoms with E-state index in [-0.39, 0.29) is 0 Å². The lowest BCUT2D eigenvalue weighted by molar-refractivity contribution is 0.305. The van der Waals surface area contributed by atoms with Gasteiger partial charge in [-0.25, -0.2) is 0 Å². The fourth-order valence-electron chi connectivity index (χ4n) is 2.53. The molecule has 1 aromatic rings. The summed E-state index contributed by atoms with van der Waals surface area (Å²) >= 11 is 0. The summed E-state index contributed by atoms with van der Waals surface area (Å²) in [6.45, 7) is 10.6. The molecule has 0 bridgehead atoms. The number of benzene rings is 1. The molecule has 0 heterocycles. The molecule has 4 N–H and O–H groups in total. The average Bonchev–Trinajstić information content (AvgIpc) is 2.41. The second-order valence-corrected chi connectivity index (χ2v) is 5.35. The van der Waals surface area contributed by atoms with Crippen LogP contribution in [0.3, 0.4) is 0 Å². The predicted molar refractivity (Wildman–Crippen MR) is 81.5 cm³/mol. The highest BCUT2D eigenvalue weighted by Gasteiger charge is 2.24. The zero-order valence-corrected chi connectivity index (χ0v) is 12.6. The molecule has 0 aromatic heterocycles. The maximum absolute atomic E-state index is 5.82. The Kier molecular flexibility index (Phi) is 6.32. The van der Waals surface area contributed by atoms with Crippen molar-refractivity contribution in [2.45, 2.75) is 33.6 Å². The van der Waals surface area contributed by atoms with Crippen molar-refractivity contribution in [2.24, 2.45) is 23.3 Å². The summed E-state index contributed by atoms with van der Waals surface area (Å²) < 4.78 is 5.75. The minimum Gasteiger partial charge on any atom is -0.494 e. The molecule has 3 heteroatoms. The van der Waals surface area contributed by atoms with Crippen LogP contribution in [0.2, 0.25) is 0 Å². The first-order valence-corrected chi connectivity index (χ1v) is 7.18. The Morgan fingerprint density at radius 3 is 2.32 bits per heavy atom. The van der Waals surface area contributed by atoms with Crippen LogP contribution in [-0.2, 0) is 0 Å². The van der Waals surface area contributed by atoms with Gasteiger partial charge in [0.1, 0.15) is 5.75 Å². The first-order chi connectivity index (χ1) is 9.04. The van der Waals surface area contributed by atoms with E-state index in [1.807, 2.05) is 6.92 Å². The van der Waals surface area contributed by atoms with Gasteiger partial charge in [-0.2, -0.15) is 0 Å². The number of hydrogen-bond acceptors (Lipinski definition) is 3.